The average molecular weight is 342 g/mol. The first-order chi connectivity index (χ1) is 10.9. The molecule has 0 saturated carbocycles. The number of esters is 1. The first-order valence-electron chi connectivity index (χ1n) is 6.95. The summed E-state index contributed by atoms with van der Waals surface area (Å²) in [5.41, 5.74) is 0.604. The van der Waals surface area contributed by atoms with Crippen LogP contribution in [0.25, 0.3) is 0 Å². The van der Waals surface area contributed by atoms with E-state index < -0.39 is 28.0 Å². The molecule has 1 aliphatic rings. The number of sulfonamides is 1. The molecule has 1 amide bonds. The van der Waals surface area contributed by atoms with Crippen LogP contribution < -0.4 is 4.83 Å². The van der Waals surface area contributed by atoms with Gasteiger partial charge in [0.25, 0.3) is 5.91 Å². The van der Waals surface area contributed by atoms with Crippen LogP contribution in [0.15, 0.2) is 30.3 Å². The normalized spacial score (nSPS) is 18.7. The van der Waals surface area contributed by atoms with Crippen LogP contribution in [-0.2, 0) is 34.8 Å². The molecule has 0 spiro atoms. The Kier molecular flexibility index (Phi) is 5.69. The summed E-state index contributed by atoms with van der Waals surface area (Å²) in [6, 6.07) is 8.61. The van der Waals surface area contributed by atoms with Gasteiger partial charge in [0.15, 0.2) is 0 Å². The summed E-state index contributed by atoms with van der Waals surface area (Å²) < 4.78 is 34.0. The summed E-state index contributed by atoms with van der Waals surface area (Å²) >= 11 is 0. The maximum Gasteiger partial charge on any atom is 0.308 e. The number of rotatable bonds is 6. The van der Waals surface area contributed by atoms with Gasteiger partial charge < -0.3 is 9.47 Å². The lowest BCUT2D eigenvalue weighted by atomic mass is 10.2. The van der Waals surface area contributed by atoms with Crippen molar-refractivity contribution >= 4 is 21.9 Å². The first kappa shape index (κ1) is 17.4. The van der Waals surface area contributed by atoms with Gasteiger partial charge in [0.1, 0.15) is 6.10 Å². The number of methoxy groups -OCH3 is 1. The topological polar surface area (TPSA) is 102 Å². The number of carbonyl (C=O) groups excluding carboxylic acids is 2. The molecule has 0 aromatic heterocycles. The molecule has 1 aliphatic heterocycles. The van der Waals surface area contributed by atoms with Crippen molar-refractivity contribution in [1.82, 2.24) is 9.84 Å². The van der Waals surface area contributed by atoms with Gasteiger partial charge in [-0.25, -0.2) is 8.42 Å². The number of ether oxygens (including phenoxy) is 2. The van der Waals surface area contributed by atoms with Crippen LogP contribution in [0.1, 0.15) is 12.0 Å². The second-order valence-corrected chi connectivity index (χ2v) is 6.67. The number of benzene rings is 1. The molecule has 9 heteroatoms. The predicted molar refractivity (Wildman–Crippen MR) is 80.3 cm³/mol. The van der Waals surface area contributed by atoms with Crippen molar-refractivity contribution in [2.75, 3.05) is 20.3 Å². The highest BCUT2D eigenvalue weighted by Gasteiger charge is 2.33. The SMILES string of the molecule is COC(=O)C[C@@H]1OCCN(NS(=O)(=O)Cc2ccccc2)C1=O. The monoisotopic (exact) mass is 342 g/mol. The van der Waals surface area contributed by atoms with Gasteiger partial charge in [0, 0.05) is 0 Å². The zero-order valence-electron chi connectivity index (χ0n) is 12.6. The Morgan fingerprint density at radius 3 is 2.74 bits per heavy atom. The Morgan fingerprint density at radius 1 is 1.39 bits per heavy atom. The molecule has 0 radical (unpaired) electrons. The molecule has 0 aliphatic carbocycles. The second kappa shape index (κ2) is 7.53. The number of hydrogen-bond donors (Lipinski definition) is 1. The van der Waals surface area contributed by atoms with Crippen molar-refractivity contribution in [3.05, 3.63) is 35.9 Å². The first-order valence-corrected chi connectivity index (χ1v) is 8.60. The largest absolute Gasteiger partial charge is 0.469 e. The van der Waals surface area contributed by atoms with E-state index in [1.165, 1.54) is 7.11 Å². The van der Waals surface area contributed by atoms with E-state index in [1.807, 2.05) is 0 Å². The molecule has 1 fully saturated rings. The Bertz CT molecular complexity index is 661. The van der Waals surface area contributed by atoms with Gasteiger partial charge in [-0.2, -0.15) is 0 Å². The number of hydrogen-bond acceptors (Lipinski definition) is 6. The van der Waals surface area contributed by atoms with Crippen LogP contribution in [0.4, 0.5) is 0 Å². The third-order valence-electron chi connectivity index (χ3n) is 3.20. The van der Waals surface area contributed by atoms with E-state index in [4.69, 9.17) is 4.74 Å². The molecule has 8 nitrogen and oxygen atoms in total. The van der Waals surface area contributed by atoms with E-state index >= 15 is 0 Å². The highest BCUT2D eigenvalue weighted by molar-refractivity contribution is 7.88. The minimum atomic E-state index is -3.74. The predicted octanol–water partition coefficient (Wildman–Crippen LogP) is -0.188. The zero-order chi connectivity index (χ0) is 16.9. The van der Waals surface area contributed by atoms with Gasteiger partial charge in [-0.15, -0.1) is 4.83 Å². The minimum Gasteiger partial charge on any atom is -0.469 e. The summed E-state index contributed by atoms with van der Waals surface area (Å²) in [5.74, 6) is -1.46. The number of hydrazine groups is 1. The van der Waals surface area contributed by atoms with Crippen LogP contribution in [0.5, 0.6) is 0 Å². The molecular weight excluding hydrogens is 324 g/mol. The van der Waals surface area contributed by atoms with Gasteiger partial charge in [-0.3, -0.25) is 14.6 Å². The minimum absolute atomic E-state index is 0.0739. The Balaban J connectivity index is 2.00. The van der Waals surface area contributed by atoms with Gasteiger partial charge in [-0.1, -0.05) is 30.3 Å². The molecule has 2 rings (SSSR count). The standard InChI is InChI=1S/C14H18N2O6S/c1-21-13(17)9-12-14(18)16(7-8-22-12)15-23(19,20)10-11-5-3-2-4-6-11/h2-6,12,15H,7-10H2,1H3/t12-/m0/s1. The van der Waals surface area contributed by atoms with E-state index in [0.717, 1.165) is 5.01 Å². The molecule has 1 heterocycles. The van der Waals surface area contributed by atoms with Crippen molar-refractivity contribution in [2.24, 2.45) is 0 Å². The van der Waals surface area contributed by atoms with E-state index in [9.17, 15) is 18.0 Å². The van der Waals surface area contributed by atoms with Crippen molar-refractivity contribution < 1.29 is 27.5 Å². The molecule has 1 aromatic carbocycles. The number of morpholine rings is 1. The number of carbonyl (C=O) groups is 2. The highest BCUT2D eigenvalue weighted by atomic mass is 32.2. The molecule has 1 N–H and O–H groups in total. The smallest absolute Gasteiger partial charge is 0.308 e. The lowest BCUT2D eigenvalue weighted by Gasteiger charge is -2.31. The lowest BCUT2D eigenvalue weighted by Crippen LogP contribution is -2.56. The molecule has 126 valence electrons. The van der Waals surface area contributed by atoms with Crippen LogP contribution in [-0.4, -0.2) is 51.7 Å². The Morgan fingerprint density at radius 2 is 2.09 bits per heavy atom. The summed E-state index contributed by atoms with van der Waals surface area (Å²) in [6.45, 7) is 0.200. The van der Waals surface area contributed by atoms with E-state index in [2.05, 4.69) is 9.57 Å². The summed E-state index contributed by atoms with van der Waals surface area (Å²) in [7, 11) is -2.54. The fraction of sp³-hybridized carbons (Fsp3) is 0.429. The van der Waals surface area contributed by atoms with Crippen molar-refractivity contribution in [2.45, 2.75) is 18.3 Å². The van der Waals surface area contributed by atoms with Crippen molar-refractivity contribution in [3.63, 3.8) is 0 Å². The Labute approximate surface area is 134 Å². The number of nitrogens with zero attached hydrogens (tertiary/aromatic N) is 1. The zero-order valence-corrected chi connectivity index (χ0v) is 13.4. The van der Waals surface area contributed by atoms with E-state index in [-0.39, 0.29) is 25.3 Å². The quantitative estimate of drug-likeness (QED) is 0.719. The van der Waals surface area contributed by atoms with Crippen LogP contribution in [0.2, 0.25) is 0 Å². The highest BCUT2D eigenvalue weighted by Crippen LogP contribution is 2.11. The lowest BCUT2D eigenvalue weighted by molar-refractivity contribution is -0.162. The maximum absolute atomic E-state index is 12.2. The summed E-state index contributed by atoms with van der Waals surface area (Å²) in [6.07, 6.45) is -1.30. The molecule has 23 heavy (non-hydrogen) atoms. The Hall–Kier alpha value is -1.97. The third kappa shape index (κ3) is 5.02. The summed E-state index contributed by atoms with van der Waals surface area (Å²) in [4.78, 5) is 25.7. The number of amides is 1. The van der Waals surface area contributed by atoms with Crippen LogP contribution in [0, 0.1) is 0 Å². The van der Waals surface area contributed by atoms with E-state index in [0.29, 0.717) is 5.56 Å². The average Bonchev–Trinajstić information content (AvgIpc) is 2.51. The van der Waals surface area contributed by atoms with Gasteiger partial charge in [-0.05, 0) is 5.56 Å². The third-order valence-corrected chi connectivity index (χ3v) is 4.42. The van der Waals surface area contributed by atoms with Crippen LogP contribution >= 0.6 is 0 Å². The van der Waals surface area contributed by atoms with Gasteiger partial charge >= 0.3 is 5.97 Å². The molecule has 1 saturated heterocycles. The van der Waals surface area contributed by atoms with E-state index in [1.54, 1.807) is 30.3 Å². The molecule has 1 aromatic rings. The summed E-state index contributed by atoms with van der Waals surface area (Å²) in [5, 5.41) is 0.968. The number of nitrogens with one attached hydrogen (secondary N) is 1. The fourth-order valence-electron chi connectivity index (χ4n) is 2.11. The van der Waals surface area contributed by atoms with Crippen LogP contribution in [0.3, 0.4) is 0 Å². The molecule has 0 unspecified atom stereocenters. The van der Waals surface area contributed by atoms with Crippen molar-refractivity contribution in [1.29, 1.82) is 0 Å². The fourth-order valence-corrected chi connectivity index (χ4v) is 3.32. The van der Waals surface area contributed by atoms with Crippen molar-refractivity contribution in [3.8, 4) is 0 Å². The second-order valence-electron chi connectivity index (χ2n) is 4.97. The molecule has 0 bridgehead atoms. The molecular formula is C14H18N2O6S. The van der Waals surface area contributed by atoms with Gasteiger partial charge in [0.05, 0.1) is 32.4 Å². The maximum atomic E-state index is 12.2. The van der Waals surface area contributed by atoms with Gasteiger partial charge in [0.2, 0.25) is 10.0 Å². The molecule has 1 atom stereocenters.